The van der Waals surface area contributed by atoms with Crippen molar-refractivity contribution in [3.63, 3.8) is 0 Å². The molecule has 1 aromatic rings. The Morgan fingerprint density at radius 1 is 1.32 bits per heavy atom. The lowest BCUT2D eigenvalue weighted by atomic mass is 10.1. The van der Waals surface area contributed by atoms with E-state index in [1.807, 2.05) is 29.2 Å². The van der Waals surface area contributed by atoms with Crippen molar-refractivity contribution in [1.82, 2.24) is 4.90 Å². The first-order valence-electron chi connectivity index (χ1n) is 6.84. The monoisotopic (exact) mass is 262 g/mol. The van der Waals surface area contributed by atoms with Gasteiger partial charge in [0.25, 0.3) is 0 Å². The van der Waals surface area contributed by atoms with Crippen LogP contribution in [0, 0.1) is 0 Å². The van der Waals surface area contributed by atoms with Gasteiger partial charge in [-0.15, -0.1) is 0 Å². The van der Waals surface area contributed by atoms with Crippen molar-refractivity contribution < 1.29 is 9.53 Å². The summed E-state index contributed by atoms with van der Waals surface area (Å²) in [6, 6.07) is 7.73. The third-order valence-corrected chi connectivity index (χ3v) is 3.74. The molecule has 4 heteroatoms. The SMILES string of the molecule is COC1CCN(C(=O)CCc2ccc(N)cc2)CC1. The number of ether oxygens (including phenoxy) is 1. The number of nitrogens with two attached hydrogens (primary N) is 1. The summed E-state index contributed by atoms with van der Waals surface area (Å²) in [6.45, 7) is 1.64. The van der Waals surface area contributed by atoms with Gasteiger partial charge in [0, 0.05) is 32.3 Å². The molecule has 0 unspecified atom stereocenters. The van der Waals surface area contributed by atoms with Crippen molar-refractivity contribution in [2.24, 2.45) is 0 Å². The van der Waals surface area contributed by atoms with E-state index >= 15 is 0 Å². The van der Waals surface area contributed by atoms with Gasteiger partial charge in [-0.2, -0.15) is 0 Å². The van der Waals surface area contributed by atoms with Gasteiger partial charge in [0.2, 0.25) is 5.91 Å². The average molecular weight is 262 g/mol. The molecule has 1 amide bonds. The van der Waals surface area contributed by atoms with E-state index in [2.05, 4.69) is 0 Å². The topological polar surface area (TPSA) is 55.6 Å². The van der Waals surface area contributed by atoms with Crippen molar-refractivity contribution in [1.29, 1.82) is 0 Å². The van der Waals surface area contributed by atoms with Crippen LogP contribution in [-0.2, 0) is 16.0 Å². The quantitative estimate of drug-likeness (QED) is 0.842. The first-order chi connectivity index (χ1) is 9.19. The molecule has 0 atom stereocenters. The predicted molar refractivity (Wildman–Crippen MR) is 75.8 cm³/mol. The molecule has 2 rings (SSSR count). The zero-order valence-electron chi connectivity index (χ0n) is 11.5. The Balaban J connectivity index is 1.77. The first-order valence-corrected chi connectivity index (χ1v) is 6.84. The minimum absolute atomic E-state index is 0.242. The number of amides is 1. The summed E-state index contributed by atoms with van der Waals surface area (Å²) in [5, 5.41) is 0. The number of carbonyl (C=O) groups is 1. The Morgan fingerprint density at radius 2 is 1.95 bits per heavy atom. The maximum atomic E-state index is 12.1. The molecule has 4 nitrogen and oxygen atoms in total. The Labute approximate surface area is 114 Å². The maximum Gasteiger partial charge on any atom is 0.222 e. The molecule has 104 valence electrons. The minimum Gasteiger partial charge on any atom is -0.399 e. The summed E-state index contributed by atoms with van der Waals surface area (Å²) in [4.78, 5) is 14.0. The number of likely N-dealkylation sites (tertiary alicyclic amines) is 1. The summed E-state index contributed by atoms with van der Waals surface area (Å²) < 4.78 is 5.31. The smallest absolute Gasteiger partial charge is 0.222 e. The van der Waals surface area contributed by atoms with Gasteiger partial charge in [0.05, 0.1) is 6.10 Å². The molecule has 2 N–H and O–H groups in total. The first kappa shape index (κ1) is 13.9. The van der Waals surface area contributed by atoms with Crippen molar-refractivity contribution in [2.45, 2.75) is 31.8 Å². The van der Waals surface area contributed by atoms with Crippen LogP contribution < -0.4 is 5.73 Å². The van der Waals surface area contributed by atoms with Crippen LogP contribution in [0.25, 0.3) is 0 Å². The van der Waals surface area contributed by atoms with E-state index in [1.54, 1.807) is 7.11 Å². The van der Waals surface area contributed by atoms with Gasteiger partial charge in [0.1, 0.15) is 0 Å². The van der Waals surface area contributed by atoms with Gasteiger partial charge in [-0.05, 0) is 37.0 Å². The molecule has 0 aliphatic carbocycles. The summed E-state index contributed by atoms with van der Waals surface area (Å²) in [5.41, 5.74) is 7.56. The van der Waals surface area contributed by atoms with Crippen LogP contribution >= 0.6 is 0 Å². The molecule has 0 bridgehead atoms. The highest BCUT2D eigenvalue weighted by atomic mass is 16.5. The Kier molecular flexibility index (Phi) is 4.80. The summed E-state index contributed by atoms with van der Waals surface area (Å²) >= 11 is 0. The van der Waals surface area contributed by atoms with Crippen LogP contribution in [0.3, 0.4) is 0 Å². The standard InChI is InChI=1S/C15H22N2O2/c1-19-14-8-10-17(11-9-14)15(18)7-4-12-2-5-13(16)6-3-12/h2-3,5-6,14H,4,7-11,16H2,1H3. The second kappa shape index (κ2) is 6.57. The number of nitrogen functional groups attached to an aromatic ring is 1. The minimum atomic E-state index is 0.242. The van der Waals surface area contributed by atoms with Crippen molar-refractivity contribution in [3.05, 3.63) is 29.8 Å². The third kappa shape index (κ3) is 3.96. The van der Waals surface area contributed by atoms with E-state index in [0.717, 1.165) is 43.6 Å². The number of carbonyl (C=O) groups excluding carboxylic acids is 1. The van der Waals surface area contributed by atoms with Gasteiger partial charge in [-0.1, -0.05) is 12.1 Å². The lowest BCUT2D eigenvalue weighted by Crippen LogP contribution is -2.40. The molecule has 1 heterocycles. The summed E-state index contributed by atoms with van der Waals surface area (Å²) in [6.07, 6.45) is 3.57. The number of aryl methyl sites for hydroxylation is 1. The van der Waals surface area contributed by atoms with Crippen LogP contribution in [0.2, 0.25) is 0 Å². The molecular formula is C15H22N2O2. The summed E-state index contributed by atoms with van der Waals surface area (Å²) in [7, 11) is 1.74. The number of hydrogen-bond acceptors (Lipinski definition) is 3. The van der Waals surface area contributed by atoms with Crippen LogP contribution in [0.4, 0.5) is 5.69 Å². The fourth-order valence-corrected chi connectivity index (χ4v) is 2.43. The normalized spacial score (nSPS) is 16.6. The zero-order valence-corrected chi connectivity index (χ0v) is 11.5. The van der Waals surface area contributed by atoms with Crippen molar-refractivity contribution >= 4 is 11.6 Å². The van der Waals surface area contributed by atoms with Crippen LogP contribution in [0.15, 0.2) is 24.3 Å². The second-order valence-electron chi connectivity index (χ2n) is 5.06. The van der Waals surface area contributed by atoms with Crippen LogP contribution in [0.1, 0.15) is 24.8 Å². The highest BCUT2D eigenvalue weighted by molar-refractivity contribution is 5.76. The molecule has 0 radical (unpaired) electrons. The maximum absolute atomic E-state index is 12.1. The number of rotatable bonds is 4. The highest BCUT2D eigenvalue weighted by Crippen LogP contribution is 2.15. The predicted octanol–water partition coefficient (Wildman–Crippen LogP) is 1.84. The van der Waals surface area contributed by atoms with Crippen molar-refractivity contribution in [3.8, 4) is 0 Å². The van der Waals surface area contributed by atoms with E-state index in [4.69, 9.17) is 10.5 Å². The molecule has 19 heavy (non-hydrogen) atoms. The van der Waals surface area contributed by atoms with E-state index in [1.165, 1.54) is 0 Å². The highest BCUT2D eigenvalue weighted by Gasteiger charge is 2.21. The molecule has 0 aromatic heterocycles. The van der Waals surface area contributed by atoms with E-state index in [9.17, 15) is 4.79 Å². The van der Waals surface area contributed by atoms with Crippen LogP contribution in [0.5, 0.6) is 0 Å². The third-order valence-electron chi connectivity index (χ3n) is 3.74. The van der Waals surface area contributed by atoms with E-state index in [0.29, 0.717) is 12.5 Å². The largest absolute Gasteiger partial charge is 0.399 e. The molecule has 0 saturated carbocycles. The lowest BCUT2D eigenvalue weighted by molar-refractivity contribution is -0.133. The Bertz CT molecular complexity index is 409. The second-order valence-corrected chi connectivity index (χ2v) is 5.06. The number of piperidine rings is 1. The molecule has 1 saturated heterocycles. The zero-order chi connectivity index (χ0) is 13.7. The Hall–Kier alpha value is -1.55. The van der Waals surface area contributed by atoms with E-state index in [-0.39, 0.29) is 5.91 Å². The molecule has 0 spiro atoms. The van der Waals surface area contributed by atoms with Gasteiger partial charge in [-0.3, -0.25) is 4.79 Å². The van der Waals surface area contributed by atoms with Gasteiger partial charge in [-0.25, -0.2) is 0 Å². The lowest BCUT2D eigenvalue weighted by Gasteiger charge is -2.31. The fraction of sp³-hybridized carbons (Fsp3) is 0.533. The number of methoxy groups -OCH3 is 1. The molecule has 1 aliphatic rings. The van der Waals surface area contributed by atoms with E-state index < -0.39 is 0 Å². The number of anilines is 1. The molecule has 1 aromatic carbocycles. The number of benzene rings is 1. The number of nitrogens with zero attached hydrogens (tertiary/aromatic N) is 1. The van der Waals surface area contributed by atoms with Crippen molar-refractivity contribution in [2.75, 3.05) is 25.9 Å². The molecule has 1 aliphatic heterocycles. The van der Waals surface area contributed by atoms with Gasteiger partial charge >= 0.3 is 0 Å². The fourth-order valence-electron chi connectivity index (χ4n) is 2.43. The molecule has 1 fully saturated rings. The summed E-state index contributed by atoms with van der Waals surface area (Å²) in [5.74, 6) is 0.242. The van der Waals surface area contributed by atoms with Gasteiger partial charge < -0.3 is 15.4 Å². The number of hydrogen-bond donors (Lipinski definition) is 1. The Morgan fingerprint density at radius 3 is 2.53 bits per heavy atom. The molecular weight excluding hydrogens is 240 g/mol. The van der Waals surface area contributed by atoms with Crippen LogP contribution in [-0.4, -0.2) is 37.1 Å². The average Bonchev–Trinajstić information content (AvgIpc) is 2.46. The van der Waals surface area contributed by atoms with Gasteiger partial charge in [0.15, 0.2) is 0 Å².